The Morgan fingerprint density at radius 1 is 1.14 bits per heavy atom. The van der Waals surface area contributed by atoms with Crippen LogP contribution in [-0.2, 0) is 6.54 Å². The highest BCUT2D eigenvalue weighted by atomic mass is 35.5. The predicted molar refractivity (Wildman–Crippen MR) is 87.6 cm³/mol. The predicted octanol–water partition coefficient (Wildman–Crippen LogP) is 4.29. The van der Waals surface area contributed by atoms with E-state index in [2.05, 4.69) is 11.4 Å². The van der Waals surface area contributed by atoms with Crippen molar-refractivity contribution in [1.82, 2.24) is 4.90 Å². The van der Waals surface area contributed by atoms with Crippen LogP contribution in [0.3, 0.4) is 0 Å². The largest absolute Gasteiger partial charge is 0.322 e. The zero-order valence-electron chi connectivity index (χ0n) is 12.0. The molecular formula is C17H16ClN3O. The van der Waals surface area contributed by atoms with Crippen LogP contribution in [0.4, 0.5) is 10.5 Å². The highest BCUT2D eigenvalue weighted by Gasteiger charge is 2.13. The first kappa shape index (κ1) is 15.9. The number of carbonyl (C=O) groups excluding carboxylic acids is 1. The first-order valence-corrected chi connectivity index (χ1v) is 7.29. The fraction of sp³-hybridized carbons (Fsp3) is 0.176. The van der Waals surface area contributed by atoms with Crippen molar-refractivity contribution in [2.75, 3.05) is 11.9 Å². The average Bonchev–Trinajstić information content (AvgIpc) is 2.54. The number of nitriles is 1. The van der Waals surface area contributed by atoms with Gasteiger partial charge in [-0.25, -0.2) is 4.79 Å². The van der Waals surface area contributed by atoms with E-state index in [-0.39, 0.29) is 6.03 Å². The van der Waals surface area contributed by atoms with E-state index in [1.807, 2.05) is 30.3 Å². The summed E-state index contributed by atoms with van der Waals surface area (Å²) in [6.07, 6.45) is 0.293. The van der Waals surface area contributed by atoms with E-state index in [0.29, 0.717) is 30.2 Å². The third-order valence-electron chi connectivity index (χ3n) is 3.09. The lowest BCUT2D eigenvalue weighted by molar-refractivity contribution is 0.210. The van der Waals surface area contributed by atoms with Gasteiger partial charge >= 0.3 is 6.03 Å². The highest BCUT2D eigenvalue weighted by Crippen LogP contribution is 2.15. The minimum absolute atomic E-state index is 0.235. The maximum Gasteiger partial charge on any atom is 0.322 e. The lowest BCUT2D eigenvalue weighted by atomic mass is 10.2. The van der Waals surface area contributed by atoms with E-state index in [0.717, 1.165) is 5.56 Å². The number of hydrogen-bond acceptors (Lipinski definition) is 2. The van der Waals surface area contributed by atoms with Crippen molar-refractivity contribution in [3.63, 3.8) is 0 Å². The molecule has 2 aromatic carbocycles. The molecule has 4 nitrogen and oxygen atoms in total. The Balaban J connectivity index is 2.05. The highest BCUT2D eigenvalue weighted by molar-refractivity contribution is 6.30. The van der Waals surface area contributed by atoms with E-state index in [4.69, 9.17) is 16.9 Å². The van der Waals surface area contributed by atoms with Crippen LogP contribution in [0.5, 0.6) is 0 Å². The quantitative estimate of drug-likeness (QED) is 0.895. The summed E-state index contributed by atoms with van der Waals surface area (Å²) in [6, 6.07) is 18.4. The Morgan fingerprint density at radius 2 is 1.82 bits per heavy atom. The second-order valence-electron chi connectivity index (χ2n) is 4.75. The lowest BCUT2D eigenvalue weighted by Crippen LogP contribution is -2.35. The molecule has 0 spiro atoms. The molecular weight excluding hydrogens is 298 g/mol. The van der Waals surface area contributed by atoms with E-state index in [1.54, 1.807) is 29.2 Å². The van der Waals surface area contributed by atoms with Gasteiger partial charge in [-0.2, -0.15) is 5.26 Å². The fourth-order valence-electron chi connectivity index (χ4n) is 1.98. The Kier molecular flexibility index (Phi) is 5.81. The van der Waals surface area contributed by atoms with Crippen LogP contribution in [0.15, 0.2) is 54.6 Å². The molecule has 1 N–H and O–H groups in total. The number of benzene rings is 2. The van der Waals surface area contributed by atoms with Gasteiger partial charge in [-0.15, -0.1) is 0 Å². The van der Waals surface area contributed by atoms with Crippen LogP contribution < -0.4 is 5.32 Å². The number of nitrogens with zero attached hydrogens (tertiary/aromatic N) is 2. The van der Waals surface area contributed by atoms with Gasteiger partial charge in [-0.1, -0.05) is 41.9 Å². The molecule has 0 atom stereocenters. The summed E-state index contributed by atoms with van der Waals surface area (Å²) in [6.45, 7) is 0.840. The Morgan fingerprint density at radius 3 is 2.45 bits per heavy atom. The van der Waals surface area contributed by atoms with Crippen molar-refractivity contribution in [3.8, 4) is 6.07 Å². The normalized spacial score (nSPS) is 9.82. The summed E-state index contributed by atoms with van der Waals surface area (Å²) in [5.41, 5.74) is 1.69. The second-order valence-corrected chi connectivity index (χ2v) is 5.19. The monoisotopic (exact) mass is 313 g/mol. The van der Waals surface area contributed by atoms with E-state index in [1.165, 1.54) is 0 Å². The topological polar surface area (TPSA) is 56.1 Å². The number of amides is 2. The molecule has 0 saturated carbocycles. The van der Waals surface area contributed by atoms with Crippen LogP contribution in [0.1, 0.15) is 12.0 Å². The Bertz CT molecular complexity index is 650. The van der Waals surface area contributed by atoms with Crippen molar-refractivity contribution < 1.29 is 4.79 Å². The molecule has 2 amide bonds. The van der Waals surface area contributed by atoms with Crippen LogP contribution >= 0.6 is 11.6 Å². The molecule has 0 saturated heterocycles. The van der Waals surface area contributed by atoms with Gasteiger partial charge in [0.15, 0.2) is 0 Å². The van der Waals surface area contributed by atoms with Crippen LogP contribution in [0, 0.1) is 11.3 Å². The molecule has 5 heteroatoms. The Labute approximate surface area is 134 Å². The van der Waals surface area contributed by atoms with Gasteiger partial charge in [0.25, 0.3) is 0 Å². The molecule has 0 aliphatic rings. The maximum absolute atomic E-state index is 12.4. The zero-order valence-corrected chi connectivity index (χ0v) is 12.8. The molecule has 0 bridgehead atoms. The van der Waals surface area contributed by atoms with Crippen molar-refractivity contribution in [2.24, 2.45) is 0 Å². The zero-order chi connectivity index (χ0) is 15.8. The van der Waals surface area contributed by atoms with Crippen LogP contribution in [0.2, 0.25) is 5.02 Å². The number of hydrogen-bond donors (Lipinski definition) is 1. The molecule has 0 aromatic heterocycles. The molecule has 0 fully saturated rings. The van der Waals surface area contributed by atoms with Crippen LogP contribution in [-0.4, -0.2) is 17.5 Å². The third kappa shape index (κ3) is 4.80. The SMILES string of the molecule is N#CCCN(Cc1ccccc1)C(=O)Nc1ccc(Cl)cc1. The van der Waals surface area contributed by atoms with Gasteiger partial charge in [0.2, 0.25) is 0 Å². The molecule has 2 aromatic rings. The second kappa shape index (κ2) is 8.06. The van der Waals surface area contributed by atoms with Gasteiger partial charge in [-0.3, -0.25) is 0 Å². The first-order chi connectivity index (χ1) is 10.7. The summed E-state index contributed by atoms with van der Waals surface area (Å²) >= 11 is 5.83. The standard InChI is InChI=1S/C17H16ClN3O/c18-15-7-9-16(10-8-15)20-17(22)21(12-4-11-19)13-14-5-2-1-3-6-14/h1-3,5-10H,4,12-13H2,(H,20,22). The molecule has 0 radical (unpaired) electrons. The van der Waals surface area contributed by atoms with E-state index < -0.39 is 0 Å². The average molecular weight is 314 g/mol. The first-order valence-electron chi connectivity index (χ1n) is 6.91. The molecule has 0 heterocycles. The lowest BCUT2D eigenvalue weighted by Gasteiger charge is -2.22. The summed E-state index contributed by atoms with van der Waals surface area (Å²) in [5, 5.41) is 12.2. The number of halogens is 1. The van der Waals surface area contributed by atoms with Gasteiger partial charge in [0.05, 0.1) is 12.5 Å². The summed E-state index contributed by atoms with van der Waals surface area (Å²) < 4.78 is 0. The molecule has 2 rings (SSSR count). The van der Waals surface area contributed by atoms with Crippen molar-refractivity contribution >= 4 is 23.3 Å². The number of anilines is 1. The van der Waals surface area contributed by atoms with E-state index in [9.17, 15) is 4.79 Å². The summed E-state index contributed by atoms with van der Waals surface area (Å²) in [4.78, 5) is 14.0. The molecule has 112 valence electrons. The maximum atomic E-state index is 12.4. The number of nitrogens with one attached hydrogen (secondary N) is 1. The van der Waals surface area contributed by atoms with Crippen molar-refractivity contribution in [1.29, 1.82) is 5.26 Å². The summed E-state index contributed by atoms with van der Waals surface area (Å²) in [7, 11) is 0. The minimum atomic E-state index is -0.235. The fourth-order valence-corrected chi connectivity index (χ4v) is 2.10. The van der Waals surface area contributed by atoms with Gasteiger partial charge in [0.1, 0.15) is 0 Å². The minimum Gasteiger partial charge on any atom is -0.319 e. The summed E-state index contributed by atoms with van der Waals surface area (Å²) in [5.74, 6) is 0. The number of urea groups is 1. The van der Waals surface area contributed by atoms with Crippen LogP contribution in [0.25, 0.3) is 0 Å². The van der Waals surface area contributed by atoms with Gasteiger partial charge in [-0.05, 0) is 29.8 Å². The Hall–Kier alpha value is -2.51. The van der Waals surface area contributed by atoms with Crippen molar-refractivity contribution in [3.05, 3.63) is 65.2 Å². The van der Waals surface area contributed by atoms with Crippen molar-refractivity contribution in [2.45, 2.75) is 13.0 Å². The smallest absolute Gasteiger partial charge is 0.319 e. The number of rotatable bonds is 5. The van der Waals surface area contributed by atoms with Gasteiger partial charge < -0.3 is 10.2 Å². The molecule has 0 unspecified atom stereocenters. The number of carbonyl (C=O) groups is 1. The third-order valence-corrected chi connectivity index (χ3v) is 3.34. The molecule has 0 aliphatic carbocycles. The van der Waals surface area contributed by atoms with Gasteiger partial charge in [0, 0.05) is 23.8 Å². The molecule has 22 heavy (non-hydrogen) atoms. The molecule has 0 aliphatic heterocycles. The van der Waals surface area contributed by atoms with E-state index >= 15 is 0 Å².